The number of aromatic amines is 1. The number of nitrogens with zero attached hydrogens (tertiary/aromatic N) is 2. The second-order valence-electron chi connectivity index (χ2n) is 3.31. The minimum absolute atomic E-state index is 0.0920. The largest absolute Gasteiger partial charge is 0.476 e. The first-order valence-corrected chi connectivity index (χ1v) is 4.95. The number of H-pyrrole nitrogens is 1. The highest BCUT2D eigenvalue weighted by atomic mass is 16.4. The molecule has 0 radical (unpaired) electrons. The minimum Gasteiger partial charge on any atom is -0.476 e. The zero-order valence-corrected chi connectivity index (χ0v) is 8.77. The molecule has 0 bridgehead atoms. The Labute approximate surface area is 92.2 Å². The Kier molecular flexibility index (Phi) is 2.68. The van der Waals surface area contributed by atoms with Gasteiger partial charge in [-0.05, 0) is 18.6 Å². The van der Waals surface area contributed by atoms with Crippen LogP contribution in [0.15, 0.2) is 24.5 Å². The summed E-state index contributed by atoms with van der Waals surface area (Å²) < 4.78 is 0. The number of hydrogen-bond acceptors (Lipinski definition) is 3. The molecule has 2 aromatic heterocycles. The molecule has 2 heterocycles. The number of carboxylic acids is 1. The van der Waals surface area contributed by atoms with E-state index in [0.29, 0.717) is 17.9 Å². The summed E-state index contributed by atoms with van der Waals surface area (Å²) in [6.07, 6.45) is 3.90. The van der Waals surface area contributed by atoms with Gasteiger partial charge in [0.1, 0.15) is 5.82 Å². The molecule has 0 saturated heterocycles. The molecule has 0 saturated carbocycles. The highest BCUT2D eigenvalue weighted by Gasteiger charge is 2.15. The number of carboxylic acid groups (broad SMARTS) is 1. The second kappa shape index (κ2) is 4.14. The molecule has 5 nitrogen and oxygen atoms in total. The molecule has 0 unspecified atom stereocenters. The highest BCUT2D eigenvalue weighted by Crippen LogP contribution is 2.17. The summed E-state index contributed by atoms with van der Waals surface area (Å²) in [5.74, 6) is -0.440. The van der Waals surface area contributed by atoms with E-state index in [-0.39, 0.29) is 5.69 Å². The van der Waals surface area contributed by atoms with E-state index in [1.807, 2.05) is 6.92 Å². The summed E-state index contributed by atoms with van der Waals surface area (Å²) >= 11 is 0. The van der Waals surface area contributed by atoms with Crippen LogP contribution in [0.4, 0.5) is 0 Å². The van der Waals surface area contributed by atoms with Gasteiger partial charge in [-0.15, -0.1) is 0 Å². The summed E-state index contributed by atoms with van der Waals surface area (Å²) in [4.78, 5) is 21.9. The van der Waals surface area contributed by atoms with E-state index in [1.54, 1.807) is 24.5 Å². The van der Waals surface area contributed by atoms with Crippen molar-refractivity contribution in [2.24, 2.45) is 0 Å². The fraction of sp³-hybridized carbons (Fsp3) is 0.182. The molecule has 5 heteroatoms. The van der Waals surface area contributed by atoms with Gasteiger partial charge in [0, 0.05) is 23.7 Å². The summed E-state index contributed by atoms with van der Waals surface area (Å²) in [6, 6.07) is 3.56. The Morgan fingerprint density at radius 2 is 2.12 bits per heavy atom. The first-order chi connectivity index (χ1) is 7.72. The SMILES string of the molecule is CCc1[nH]c(-c2ccncc2)nc1C(=O)O. The lowest BCUT2D eigenvalue weighted by molar-refractivity contribution is 0.0690. The van der Waals surface area contributed by atoms with Gasteiger partial charge in [-0.3, -0.25) is 4.98 Å². The molecule has 82 valence electrons. The predicted molar refractivity (Wildman–Crippen MR) is 58.2 cm³/mol. The second-order valence-corrected chi connectivity index (χ2v) is 3.31. The predicted octanol–water partition coefficient (Wildman–Crippen LogP) is 1.73. The van der Waals surface area contributed by atoms with Gasteiger partial charge in [0.2, 0.25) is 0 Å². The van der Waals surface area contributed by atoms with Crippen molar-refractivity contribution in [1.29, 1.82) is 0 Å². The lowest BCUT2D eigenvalue weighted by atomic mass is 10.2. The van der Waals surface area contributed by atoms with E-state index in [2.05, 4.69) is 15.0 Å². The topological polar surface area (TPSA) is 78.9 Å². The molecule has 0 fully saturated rings. The third kappa shape index (κ3) is 1.79. The molecule has 0 spiro atoms. The molecule has 0 aliphatic carbocycles. The van der Waals surface area contributed by atoms with Crippen LogP contribution in [0.2, 0.25) is 0 Å². The summed E-state index contributed by atoms with van der Waals surface area (Å²) in [5, 5.41) is 8.96. The van der Waals surface area contributed by atoms with E-state index in [1.165, 1.54) is 0 Å². The third-order valence-corrected chi connectivity index (χ3v) is 2.29. The molecule has 2 aromatic rings. The number of carbonyl (C=O) groups is 1. The van der Waals surface area contributed by atoms with Gasteiger partial charge in [-0.25, -0.2) is 9.78 Å². The third-order valence-electron chi connectivity index (χ3n) is 2.29. The first-order valence-electron chi connectivity index (χ1n) is 4.95. The quantitative estimate of drug-likeness (QED) is 0.820. The van der Waals surface area contributed by atoms with Gasteiger partial charge >= 0.3 is 5.97 Å². The van der Waals surface area contributed by atoms with Crippen molar-refractivity contribution in [1.82, 2.24) is 15.0 Å². The van der Waals surface area contributed by atoms with Crippen LogP contribution in [-0.2, 0) is 6.42 Å². The summed E-state index contributed by atoms with van der Waals surface area (Å²) in [5.41, 5.74) is 1.56. The summed E-state index contributed by atoms with van der Waals surface area (Å²) in [6.45, 7) is 1.89. The fourth-order valence-corrected chi connectivity index (χ4v) is 1.49. The molecule has 0 aromatic carbocycles. The van der Waals surface area contributed by atoms with Crippen LogP contribution in [0, 0.1) is 0 Å². The Morgan fingerprint density at radius 3 is 2.62 bits per heavy atom. The Balaban J connectivity index is 2.48. The van der Waals surface area contributed by atoms with Gasteiger partial charge in [0.15, 0.2) is 5.69 Å². The number of pyridine rings is 1. The van der Waals surface area contributed by atoms with Crippen molar-refractivity contribution < 1.29 is 9.90 Å². The van der Waals surface area contributed by atoms with Crippen molar-refractivity contribution in [3.05, 3.63) is 35.9 Å². The Bertz CT molecular complexity index is 505. The Hall–Kier alpha value is -2.17. The molecule has 0 atom stereocenters. The molecule has 0 aliphatic rings. The number of hydrogen-bond donors (Lipinski definition) is 2. The maximum Gasteiger partial charge on any atom is 0.356 e. The normalized spacial score (nSPS) is 10.3. The number of imidazole rings is 1. The van der Waals surface area contributed by atoms with Gasteiger partial charge in [0.25, 0.3) is 0 Å². The number of aromatic nitrogens is 3. The van der Waals surface area contributed by atoms with Crippen LogP contribution in [0.5, 0.6) is 0 Å². The number of aryl methyl sites for hydroxylation is 1. The molecule has 2 N–H and O–H groups in total. The van der Waals surface area contributed by atoms with Crippen LogP contribution in [0.3, 0.4) is 0 Å². The van der Waals surface area contributed by atoms with Gasteiger partial charge in [-0.1, -0.05) is 6.92 Å². The number of nitrogens with one attached hydrogen (secondary N) is 1. The van der Waals surface area contributed by atoms with Gasteiger partial charge < -0.3 is 10.1 Å². The maximum absolute atomic E-state index is 10.9. The van der Waals surface area contributed by atoms with E-state index >= 15 is 0 Å². The zero-order chi connectivity index (χ0) is 11.5. The zero-order valence-electron chi connectivity index (χ0n) is 8.77. The molecule has 0 aliphatic heterocycles. The van der Waals surface area contributed by atoms with Gasteiger partial charge in [-0.2, -0.15) is 0 Å². The smallest absolute Gasteiger partial charge is 0.356 e. The average molecular weight is 217 g/mol. The minimum atomic E-state index is -1.01. The monoisotopic (exact) mass is 217 g/mol. The Morgan fingerprint density at radius 1 is 1.44 bits per heavy atom. The fourth-order valence-electron chi connectivity index (χ4n) is 1.49. The van der Waals surface area contributed by atoms with E-state index in [4.69, 9.17) is 5.11 Å². The van der Waals surface area contributed by atoms with E-state index < -0.39 is 5.97 Å². The van der Waals surface area contributed by atoms with E-state index in [9.17, 15) is 4.79 Å². The van der Waals surface area contributed by atoms with Crippen molar-refractivity contribution in [3.8, 4) is 11.4 Å². The van der Waals surface area contributed by atoms with Crippen LogP contribution < -0.4 is 0 Å². The molecule has 16 heavy (non-hydrogen) atoms. The molecular formula is C11H11N3O2. The summed E-state index contributed by atoms with van der Waals surface area (Å²) in [7, 11) is 0. The first kappa shape index (κ1) is 10.4. The number of rotatable bonds is 3. The average Bonchev–Trinajstić information content (AvgIpc) is 2.74. The van der Waals surface area contributed by atoms with Crippen molar-refractivity contribution in [2.45, 2.75) is 13.3 Å². The maximum atomic E-state index is 10.9. The highest BCUT2D eigenvalue weighted by molar-refractivity contribution is 5.87. The van der Waals surface area contributed by atoms with Crippen LogP contribution in [-0.4, -0.2) is 26.0 Å². The van der Waals surface area contributed by atoms with E-state index in [0.717, 1.165) is 5.56 Å². The van der Waals surface area contributed by atoms with Crippen molar-refractivity contribution in [2.75, 3.05) is 0 Å². The standard InChI is InChI=1S/C11H11N3O2/c1-2-8-9(11(15)16)14-10(13-8)7-3-5-12-6-4-7/h3-6H,2H2,1H3,(H,13,14)(H,15,16). The molecular weight excluding hydrogens is 206 g/mol. The molecule has 0 amide bonds. The van der Waals surface area contributed by atoms with Crippen LogP contribution in [0.1, 0.15) is 23.1 Å². The number of aromatic carboxylic acids is 1. The van der Waals surface area contributed by atoms with Crippen molar-refractivity contribution in [3.63, 3.8) is 0 Å². The lowest BCUT2D eigenvalue weighted by Crippen LogP contribution is -2.00. The van der Waals surface area contributed by atoms with Crippen LogP contribution >= 0.6 is 0 Å². The molecule has 2 rings (SSSR count). The van der Waals surface area contributed by atoms with Crippen LogP contribution in [0.25, 0.3) is 11.4 Å². The van der Waals surface area contributed by atoms with Crippen molar-refractivity contribution >= 4 is 5.97 Å². The lowest BCUT2D eigenvalue weighted by Gasteiger charge is -1.93. The van der Waals surface area contributed by atoms with Gasteiger partial charge in [0.05, 0.1) is 0 Å².